The van der Waals surface area contributed by atoms with Gasteiger partial charge in [-0.1, -0.05) is 0 Å². The molecule has 0 aliphatic carbocycles. The molecule has 2 heterocycles. The highest BCUT2D eigenvalue weighted by atomic mass is 79.9. The smallest absolute Gasteiger partial charge is 0.229 e. The van der Waals surface area contributed by atoms with Crippen molar-refractivity contribution in [2.45, 2.75) is 11.8 Å². The van der Waals surface area contributed by atoms with Gasteiger partial charge in [-0.15, -0.1) is 11.6 Å². The fourth-order valence-corrected chi connectivity index (χ4v) is 1.92. The summed E-state index contributed by atoms with van der Waals surface area (Å²) in [5.41, 5.74) is 0. The molecule has 1 fully saturated rings. The Morgan fingerprint density at radius 1 is 1.57 bits per heavy atom. The summed E-state index contributed by atoms with van der Waals surface area (Å²) >= 11 is 9.10. The van der Waals surface area contributed by atoms with Crippen molar-refractivity contribution in [1.29, 1.82) is 0 Å². The minimum atomic E-state index is -0.115. The van der Waals surface area contributed by atoms with Crippen LogP contribution in [-0.2, 0) is 4.79 Å². The Kier molecular flexibility index (Phi) is 2.69. The lowest BCUT2D eigenvalue weighted by molar-refractivity contribution is -0.117. The van der Waals surface area contributed by atoms with Crippen LogP contribution in [0.3, 0.4) is 0 Å². The Balaban J connectivity index is 2.27. The third kappa shape index (κ3) is 1.88. The van der Waals surface area contributed by atoms with Gasteiger partial charge in [-0.05, 0) is 15.9 Å². The summed E-state index contributed by atoms with van der Waals surface area (Å²) in [6.07, 6.45) is 1.79. The van der Waals surface area contributed by atoms with Gasteiger partial charge in [0.1, 0.15) is 16.7 Å². The van der Waals surface area contributed by atoms with Crippen LogP contribution in [0.5, 0.6) is 0 Å². The van der Waals surface area contributed by atoms with Crippen molar-refractivity contribution in [1.82, 2.24) is 9.97 Å². The molecule has 4 nitrogen and oxygen atoms in total. The largest absolute Gasteiger partial charge is 0.295 e. The van der Waals surface area contributed by atoms with E-state index in [1.807, 2.05) is 0 Å². The number of rotatable bonds is 1. The van der Waals surface area contributed by atoms with Crippen LogP contribution in [0.25, 0.3) is 0 Å². The third-order valence-corrected chi connectivity index (χ3v) is 2.70. The van der Waals surface area contributed by atoms with Gasteiger partial charge in [-0.3, -0.25) is 9.69 Å². The predicted octanol–water partition coefficient (Wildman–Crippen LogP) is 1.58. The van der Waals surface area contributed by atoms with Crippen molar-refractivity contribution in [3.8, 4) is 0 Å². The van der Waals surface area contributed by atoms with Gasteiger partial charge in [0.15, 0.2) is 0 Å². The van der Waals surface area contributed by atoms with Crippen molar-refractivity contribution in [2.75, 3.05) is 11.4 Å². The van der Waals surface area contributed by atoms with Crippen LogP contribution in [0.4, 0.5) is 5.82 Å². The highest BCUT2D eigenvalue weighted by Crippen LogP contribution is 2.23. The van der Waals surface area contributed by atoms with Crippen molar-refractivity contribution in [3.63, 3.8) is 0 Å². The number of nitrogens with zero attached hydrogens (tertiary/aromatic N) is 3. The number of carbonyl (C=O) groups excluding carboxylic acids is 1. The Morgan fingerprint density at radius 3 is 2.93 bits per heavy atom. The molecule has 1 aliphatic heterocycles. The second-order valence-electron chi connectivity index (χ2n) is 3.00. The van der Waals surface area contributed by atoms with Crippen molar-refractivity contribution >= 4 is 39.3 Å². The van der Waals surface area contributed by atoms with Crippen LogP contribution in [0.1, 0.15) is 6.42 Å². The van der Waals surface area contributed by atoms with E-state index in [2.05, 4.69) is 25.9 Å². The summed E-state index contributed by atoms with van der Waals surface area (Å²) in [5.74, 6) is 0.607. The van der Waals surface area contributed by atoms with E-state index in [0.717, 1.165) is 0 Å². The number of carbonyl (C=O) groups is 1. The van der Waals surface area contributed by atoms with Crippen molar-refractivity contribution in [3.05, 3.63) is 17.0 Å². The van der Waals surface area contributed by atoms with E-state index in [-0.39, 0.29) is 11.3 Å². The molecule has 0 N–H and O–H groups in total. The molecular formula is C8H7BrClN3O. The summed E-state index contributed by atoms with van der Waals surface area (Å²) < 4.78 is 0.660. The highest BCUT2D eigenvalue weighted by Gasteiger charge is 2.29. The van der Waals surface area contributed by atoms with Gasteiger partial charge in [-0.25, -0.2) is 9.97 Å². The molecule has 6 heteroatoms. The number of hydrogen-bond acceptors (Lipinski definition) is 3. The number of halogens is 2. The summed E-state index contributed by atoms with van der Waals surface area (Å²) in [5, 5.41) is -0.115. The lowest BCUT2D eigenvalue weighted by Crippen LogP contribution is -2.25. The lowest BCUT2D eigenvalue weighted by atomic mass is 10.4. The Morgan fingerprint density at radius 2 is 2.36 bits per heavy atom. The summed E-state index contributed by atoms with van der Waals surface area (Å²) in [6.45, 7) is 0.518. The summed E-state index contributed by atoms with van der Waals surface area (Å²) in [7, 11) is 0. The van der Waals surface area contributed by atoms with Crippen molar-refractivity contribution in [2.24, 2.45) is 0 Å². The zero-order chi connectivity index (χ0) is 10.1. The molecule has 2 rings (SSSR count). The molecule has 74 valence electrons. The van der Waals surface area contributed by atoms with E-state index in [1.54, 1.807) is 11.0 Å². The number of amides is 1. The molecule has 0 radical (unpaired) electrons. The minimum Gasteiger partial charge on any atom is -0.295 e. The maximum absolute atomic E-state index is 11.5. The van der Waals surface area contributed by atoms with Gasteiger partial charge >= 0.3 is 0 Å². The minimum absolute atomic E-state index is 0.00981. The molecule has 1 unspecified atom stereocenters. The highest BCUT2D eigenvalue weighted by molar-refractivity contribution is 9.10. The Hall–Kier alpha value is -0.680. The van der Waals surface area contributed by atoms with Crippen molar-refractivity contribution < 1.29 is 4.79 Å². The first-order valence-corrected chi connectivity index (χ1v) is 5.32. The number of hydrogen-bond donors (Lipinski definition) is 0. The zero-order valence-corrected chi connectivity index (χ0v) is 9.49. The lowest BCUT2D eigenvalue weighted by Gasteiger charge is -2.13. The van der Waals surface area contributed by atoms with E-state index in [9.17, 15) is 4.79 Å². The quantitative estimate of drug-likeness (QED) is 0.578. The monoisotopic (exact) mass is 275 g/mol. The average molecular weight is 277 g/mol. The van der Waals surface area contributed by atoms with E-state index in [4.69, 9.17) is 11.6 Å². The fourth-order valence-electron chi connectivity index (χ4n) is 1.36. The van der Waals surface area contributed by atoms with Crippen LogP contribution < -0.4 is 4.90 Å². The first kappa shape index (κ1) is 9.86. The second kappa shape index (κ2) is 3.82. The number of aromatic nitrogens is 2. The first-order chi connectivity index (χ1) is 6.66. The van der Waals surface area contributed by atoms with E-state index in [0.29, 0.717) is 23.4 Å². The Labute approximate surface area is 94.4 Å². The molecule has 1 atom stereocenters. The average Bonchev–Trinajstić information content (AvgIpc) is 2.45. The first-order valence-electron chi connectivity index (χ1n) is 4.09. The normalized spacial score (nSPS) is 21.7. The summed E-state index contributed by atoms with van der Waals surface area (Å²) in [6, 6.07) is 1.70. The number of alkyl halides is 1. The van der Waals surface area contributed by atoms with Gasteiger partial charge in [0.05, 0.1) is 5.38 Å². The van der Waals surface area contributed by atoms with Gasteiger partial charge in [0, 0.05) is 19.0 Å². The van der Waals surface area contributed by atoms with Crippen LogP contribution in [0, 0.1) is 0 Å². The molecule has 0 bridgehead atoms. The predicted molar refractivity (Wildman–Crippen MR) is 56.3 cm³/mol. The molecule has 0 aromatic carbocycles. The van der Waals surface area contributed by atoms with Gasteiger partial charge in [0.25, 0.3) is 0 Å². The van der Waals surface area contributed by atoms with Crippen LogP contribution in [-0.4, -0.2) is 27.8 Å². The van der Waals surface area contributed by atoms with Gasteiger partial charge < -0.3 is 0 Å². The molecule has 0 spiro atoms. The summed E-state index contributed by atoms with van der Waals surface area (Å²) in [4.78, 5) is 20.9. The van der Waals surface area contributed by atoms with Gasteiger partial charge in [0.2, 0.25) is 5.91 Å². The molecule has 1 aromatic rings. The van der Waals surface area contributed by atoms with Crippen LogP contribution in [0.2, 0.25) is 0 Å². The van der Waals surface area contributed by atoms with E-state index >= 15 is 0 Å². The zero-order valence-electron chi connectivity index (χ0n) is 7.15. The van der Waals surface area contributed by atoms with Crippen LogP contribution >= 0.6 is 27.5 Å². The molecule has 1 amide bonds. The molecule has 1 aliphatic rings. The van der Waals surface area contributed by atoms with Gasteiger partial charge in [-0.2, -0.15) is 0 Å². The standard InChI is InChI=1S/C8H7BrClN3O/c9-6-2-7(12-4-11-6)13-3-5(10)1-8(13)14/h2,4-5H,1,3H2. The molecule has 14 heavy (non-hydrogen) atoms. The van der Waals surface area contributed by atoms with E-state index in [1.165, 1.54) is 6.33 Å². The number of anilines is 1. The molecule has 0 saturated carbocycles. The SMILES string of the molecule is O=C1CC(Cl)CN1c1cc(Br)ncn1. The molecule has 1 saturated heterocycles. The fraction of sp³-hybridized carbons (Fsp3) is 0.375. The third-order valence-electron chi connectivity index (χ3n) is 1.97. The topological polar surface area (TPSA) is 46.1 Å². The maximum atomic E-state index is 11.5. The molecule has 1 aromatic heterocycles. The molecular weight excluding hydrogens is 269 g/mol. The Bertz CT molecular complexity index is 373. The van der Waals surface area contributed by atoms with E-state index < -0.39 is 0 Å². The van der Waals surface area contributed by atoms with Crippen LogP contribution in [0.15, 0.2) is 17.0 Å². The maximum Gasteiger partial charge on any atom is 0.229 e. The second-order valence-corrected chi connectivity index (χ2v) is 4.43.